The van der Waals surface area contributed by atoms with Crippen LogP contribution in [0, 0.1) is 0 Å². The SMILES string of the molecule is O=C1OC(c2cccs2)=NC1=Cc1ccc(OCc2ccccc2)cc1OCc1ccccc1. The van der Waals surface area contributed by atoms with Gasteiger partial charge in [0.25, 0.3) is 0 Å². The van der Waals surface area contributed by atoms with Crippen molar-refractivity contribution in [3.63, 3.8) is 0 Å². The smallest absolute Gasteiger partial charge is 0.363 e. The fraction of sp³-hybridized carbons (Fsp3) is 0.0714. The van der Waals surface area contributed by atoms with Crippen molar-refractivity contribution in [2.45, 2.75) is 13.2 Å². The maximum absolute atomic E-state index is 12.4. The Morgan fingerprint density at radius 1 is 0.824 bits per heavy atom. The Morgan fingerprint density at radius 2 is 1.53 bits per heavy atom. The van der Waals surface area contributed by atoms with Crippen LogP contribution in [0.1, 0.15) is 21.6 Å². The molecule has 5 rings (SSSR count). The van der Waals surface area contributed by atoms with Crippen molar-refractivity contribution in [3.05, 3.63) is 124 Å². The Hall–Kier alpha value is -4.16. The Labute approximate surface area is 201 Å². The molecule has 4 aromatic rings. The molecule has 0 N–H and O–H groups in total. The first-order valence-electron chi connectivity index (χ1n) is 10.8. The number of hydrogen-bond acceptors (Lipinski definition) is 6. The van der Waals surface area contributed by atoms with E-state index in [9.17, 15) is 4.79 Å². The molecule has 1 aromatic heterocycles. The lowest BCUT2D eigenvalue weighted by molar-refractivity contribution is -0.129. The van der Waals surface area contributed by atoms with Crippen molar-refractivity contribution in [1.82, 2.24) is 0 Å². The largest absolute Gasteiger partial charge is 0.489 e. The second-order valence-electron chi connectivity index (χ2n) is 7.56. The first-order chi connectivity index (χ1) is 16.7. The summed E-state index contributed by atoms with van der Waals surface area (Å²) in [6.45, 7) is 0.827. The Morgan fingerprint density at radius 3 is 2.21 bits per heavy atom. The van der Waals surface area contributed by atoms with Gasteiger partial charge in [-0.3, -0.25) is 0 Å². The third kappa shape index (κ3) is 5.24. The molecular formula is C28H21NO4S. The number of ether oxygens (including phenoxy) is 3. The number of hydrogen-bond donors (Lipinski definition) is 0. The number of aliphatic imine (C=N–C) groups is 1. The molecule has 5 nitrogen and oxygen atoms in total. The van der Waals surface area contributed by atoms with Crippen molar-refractivity contribution < 1.29 is 19.0 Å². The molecular weight excluding hydrogens is 446 g/mol. The summed E-state index contributed by atoms with van der Waals surface area (Å²) in [4.78, 5) is 17.6. The summed E-state index contributed by atoms with van der Waals surface area (Å²) in [5, 5.41) is 1.91. The van der Waals surface area contributed by atoms with E-state index >= 15 is 0 Å². The number of carbonyl (C=O) groups is 1. The highest BCUT2D eigenvalue weighted by Crippen LogP contribution is 2.30. The van der Waals surface area contributed by atoms with Gasteiger partial charge in [0.15, 0.2) is 5.70 Å². The van der Waals surface area contributed by atoms with Gasteiger partial charge in [-0.15, -0.1) is 11.3 Å². The standard InChI is InChI=1S/C28H21NO4S/c30-28-24(29-27(33-28)26-12-7-15-34-26)16-22-13-14-23(31-18-20-8-3-1-4-9-20)17-25(22)32-19-21-10-5-2-6-11-21/h1-17H,18-19H2. The molecule has 0 radical (unpaired) electrons. The quantitative estimate of drug-likeness (QED) is 0.227. The van der Waals surface area contributed by atoms with E-state index in [0.717, 1.165) is 16.0 Å². The van der Waals surface area contributed by atoms with Crippen molar-refractivity contribution in [2.75, 3.05) is 0 Å². The van der Waals surface area contributed by atoms with Gasteiger partial charge in [0.1, 0.15) is 24.7 Å². The summed E-state index contributed by atoms with van der Waals surface area (Å²) in [6, 6.07) is 29.2. The predicted octanol–water partition coefficient (Wildman–Crippen LogP) is 6.25. The molecule has 0 fully saturated rings. The molecule has 0 saturated carbocycles. The minimum absolute atomic E-state index is 0.228. The van der Waals surface area contributed by atoms with Gasteiger partial charge < -0.3 is 14.2 Å². The zero-order valence-corrected chi connectivity index (χ0v) is 19.0. The monoisotopic (exact) mass is 467 g/mol. The van der Waals surface area contributed by atoms with Crippen molar-refractivity contribution >= 4 is 29.3 Å². The molecule has 0 unspecified atom stereocenters. The third-order valence-electron chi connectivity index (χ3n) is 5.12. The average Bonchev–Trinajstić information content (AvgIpc) is 3.54. The van der Waals surface area contributed by atoms with E-state index in [1.54, 1.807) is 6.08 Å². The van der Waals surface area contributed by atoms with Gasteiger partial charge in [0.05, 0.1) is 4.88 Å². The van der Waals surface area contributed by atoms with Crippen LogP contribution in [0.2, 0.25) is 0 Å². The molecule has 3 aromatic carbocycles. The fourth-order valence-electron chi connectivity index (χ4n) is 3.39. The lowest BCUT2D eigenvalue weighted by Crippen LogP contribution is -2.03. The minimum atomic E-state index is -0.484. The van der Waals surface area contributed by atoms with Crippen LogP contribution >= 0.6 is 11.3 Å². The van der Waals surface area contributed by atoms with E-state index in [4.69, 9.17) is 14.2 Å². The number of nitrogens with zero attached hydrogens (tertiary/aromatic N) is 1. The Balaban J connectivity index is 1.41. The highest BCUT2D eigenvalue weighted by atomic mass is 32.1. The summed E-state index contributed by atoms with van der Waals surface area (Å²) in [5.74, 6) is 1.10. The third-order valence-corrected chi connectivity index (χ3v) is 5.97. The summed E-state index contributed by atoms with van der Waals surface area (Å²) in [7, 11) is 0. The molecule has 0 bridgehead atoms. The van der Waals surface area contributed by atoms with Crippen molar-refractivity contribution in [2.24, 2.45) is 4.99 Å². The first-order valence-corrected chi connectivity index (χ1v) is 11.7. The molecule has 0 amide bonds. The van der Waals surface area contributed by atoms with Gasteiger partial charge in [-0.05, 0) is 40.8 Å². The highest BCUT2D eigenvalue weighted by Gasteiger charge is 2.25. The second-order valence-corrected chi connectivity index (χ2v) is 8.51. The maximum atomic E-state index is 12.4. The molecule has 168 valence electrons. The van der Waals surface area contributed by atoms with Crippen LogP contribution in [-0.2, 0) is 22.7 Å². The summed E-state index contributed by atoms with van der Waals surface area (Å²) >= 11 is 1.47. The average molecular weight is 468 g/mol. The second kappa shape index (κ2) is 10.2. The molecule has 2 heterocycles. The molecule has 1 aliphatic rings. The van der Waals surface area contributed by atoms with Crippen LogP contribution in [0.4, 0.5) is 0 Å². The van der Waals surface area contributed by atoms with Crippen LogP contribution in [0.25, 0.3) is 6.08 Å². The van der Waals surface area contributed by atoms with Gasteiger partial charge in [0, 0.05) is 11.6 Å². The maximum Gasteiger partial charge on any atom is 0.363 e. The zero-order chi connectivity index (χ0) is 23.2. The fourth-order valence-corrected chi connectivity index (χ4v) is 4.04. The summed E-state index contributed by atoms with van der Waals surface area (Å²) in [6.07, 6.45) is 1.68. The van der Waals surface area contributed by atoms with Gasteiger partial charge in [-0.25, -0.2) is 9.79 Å². The first kappa shape index (κ1) is 21.7. The number of esters is 1. The molecule has 0 saturated heterocycles. The van der Waals surface area contributed by atoms with Gasteiger partial charge in [0.2, 0.25) is 5.90 Å². The van der Waals surface area contributed by atoms with Crippen LogP contribution in [0.15, 0.2) is 107 Å². The number of rotatable bonds is 8. The minimum Gasteiger partial charge on any atom is -0.489 e. The summed E-state index contributed by atoms with van der Waals surface area (Å²) in [5.41, 5.74) is 3.05. The van der Waals surface area contributed by atoms with E-state index in [1.165, 1.54) is 11.3 Å². The molecule has 34 heavy (non-hydrogen) atoms. The van der Waals surface area contributed by atoms with Gasteiger partial charge >= 0.3 is 5.97 Å². The van der Waals surface area contributed by atoms with Crippen molar-refractivity contribution in [1.29, 1.82) is 0 Å². The predicted molar refractivity (Wildman–Crippen MR) is 133 cm³/mol. The van der Waals surface area contributed by atoms with Crippen LogP contribution in [-0.4, -0.2) is 11.9 Å². The van der Waals surface area contributed by atoms with Crippen LogP contribution in [0.5, 0.6) is 11.5 Å². The van der Waals surface area contributed by atoms with Gasteiger partial charge in [-0.2, -0.15) is 0 Å². The number of carbonyl (C=O) groups excluding carboxylic acids is 1. The van der Waals surface area contributed by atoms with Crippen LogP contribution < -0.4 is 9.47 Å². The molecule has 0 spiro atoms. The summed E-state index contributed by atoms with van der Waals surface area (Å²) < 4.78 is 17.5. The van der Waals surface area contributed by atoms with E-state index in [1.807, 2.05) is 96.4 Å². The van der Waals surface area contributed by atoms with E-state index in [2.05, 4.69) is 4.99 Å². The molecule has 0 aliphatic carbocycles. The highest BCUT2D eigenvalue weighted by molar-refractivity contribution is 7.12. The number of thiophene rings is 1. The Bertz CT molecular complexity index is 1330. The Kier molecular flexibility index (Phi) is 6.49. The number of cyclic esters (lactones) is 1. The zero-order valence-electron chi connectivity index (χ0n) is 18.2. The van der Waals surface area contributed by atoms with E-state index < -0.39 is 5.97 Å². The lowest BCUT2D eigenvalue weighted by Gasteiger charge is -2.13. The molecule has 0 atom stereocenters. The van der Waals surface area contributed by atoms with Gasteiger partial charge in [-0.1, -0.05) is 66.7 Å². The van der Waals surface area contributed by atoms with Crippen molar-refractivity contribution in [3.8, 4) is 11.5 Å². The lowest BCUT2D eigenvalue weighted by atomic mass is 10.1. The van der Waals surface area contributed by atoms with E-state index in [0.29, 0.717) is 36.2 Å². The topological polar surface area (TPSA) is 57.1 Å². The molecule has 1 aliphatic heterocycles. The normalized spacial score (nSPS) is 14.1. The molecule has 6 heteroatoms. The van der Waals surface area contributed by atoms with E-state index in [-0.39, 0.29) is 5.70 Å². The van der Waals surface area contributed by atoms with Crippen LogP contribution in [0.3, 0.4) is 0 Å². The number of benzene rings is 3.